The summed E-state index contributed by atoms with van der Waals surface area (Å²) in [5, 5.41) is 9.63. The lowest BCUT2D eigenvalue weighted by Gasteiger charge is -2.12. The molecule has 0 atom stereocenters. The molecule has 3 rings (SSSR count). The summed E-state index contributed by atoms with van der Waals surface area (Å²) in [5.74, 6) is 1.17. The zero-order valence-corrected chi connectivity index (χ0v) is 12.7. The molecule has 2 amide bonds. The second kappa shape index (κ2) is 6.27. The molecule has 7 nitrogen and oxygen atoms in total. The number of carbonyl (C=O) groups is 1. The summed E-state index contributed by atoms with van der Waals surface area (Å²) in [5.41, 5.74) is 2.11. The van der Waals surface area contributed by atoms with Crippen LogP contribution < -0.4 is 20.1 Å². The molecule has 7 heteroatoms. The molecule has 0 aliphatic heterocycles. The number of ether oxygens (including phenoxy) is 2. The number of pyridine rings is 1. The van der Waals surface area contributed by atoms with E-state index in [1.54, 1.807) is 48.3 Å². The van der Waals surface area contributed by atoms with Crippen LogP contribution in [0.3, 0.4) is 0 Å². The maximum absolute atomic E-state index is 12.1. The van der Waals surface area contributed by atoms with E-state index in [-0.39, 0.29) is 6.03 Å². The van der Waals surface area contributed by atoms with Gasteiger partial charge in [-0.3, -0.25) is 0 Å². The average molecular weight is 312 g/mol. The van der Waals surface area contributed by atoms with Crippen LogP contribution in [0.2, 0.25) is 0 Å². The summed E-state index contributed by atoms with van der Waals surface area (Å²) in [6.07, 6.45) is 3.47. The zero-order chi connectivity index (χ0) is 16.2. The van der Waals surface area contributed by atoms with Gasteiger partial charge in [-0.2, -0.15) is 5.10 Å². The molecule has 0 saturated carbocycles. The van der Waals surface area contributed by atoms with Crippen LogP contribution in [0, 0.1) is 0 Å². The van der Waals surface area contributed by atoms with Crippen LogP contribution in [0.25, 0.3) is 5.52 Å². The molecule has 23 heavy (non-hydrogen) atoms. The van der Waals surface area contributed by atoms with Gasteiger partial charge in [-0.25, -0.2) is 9.31 Å². The van der Waals surface area contributed by atoms with E-state index < -0.39 is 0 Å². The summed E-state index contributed by atoms with van der Waals surface area (Å²) in [7, 11) is 3.10. The van der Waals surface area contributed by atoms with Gasteiger partial charge in [0.25, 0.3) is 0 Å². The Labute approximate surface area is 132 Å². The first-order chi connectivity index (χ1) is 11.2. The van der Waals surface area contributed by atoms with E-state index >= 15 is 0 Å². The first-order valence-corrected chi connectivity index (χ1v) is 6.93. The van der Waals surface area contributed by atoms with Crippen molar-refractivity contribution in [3.05, 3.63) is 48.8 Å². The Balaban J connectivity index is 1.73. The minimum absolute atomic E-state index is 0.364. The summed E-state index contributed by atoms with van der Waals surface area (Å²) in [6, 6.07) is 10.3. The van der Waals surface area contributed by atoms with Crippen molar-refractivity contribution in [2.45, 2.75) is 0 Å². The number of urea groups is 1. The first-order valence-electron chi connectivity index (χ1n) is 6.93. The summed E-state index contributed by atoms with van der Waals surface area (Å²) >= 11 is 0. The lowest BCUT2D eigenvalue weighted by Crippen LogP contribution is -2.19. The van der Waals surface area contributed by atoms with Gasteiger partial charge in [0, 0.05) is 24.1 Å². The molecule has 0 fully saturated rings. The SMILES string of the molecule is COc1ccc(NC(=O)Nc2ccn3nccc3c2)c(OC)c1. The Morgan fingerprint density at radius 1 is 1.09 bits per heavy atom. The topological polar surface area (TPSA) is 76.9 Å². The smallest absolute Gasteiger partial charge is 0.323 e. The second-order valence-corrected chi connectivity index (χ2v) is 4.76. The minimum Gasteiger partial charge on any atom is -0.497 e. The number of benzene rings is 1. The van der Waals surface area contributed by atoms with Gasteiger partial charge >= 0.3 is 6.03 Å². The molecular formula is C16H16N4O3. The van der Waals surface area contributed by atoms with Crippen molar-refractivity contribution in [1.29, 1.82) is 0 Å². The Bertz CT molecular complexity index is 844. The predicted octanol–water partition coefficient (Wildman–Crippen LogP) is 3.00. The summed E-state index contributed by atoms with van der Waals surface area (Å²) < 4.78 is 12.1. The van der Waals surface area contributed by atoms with Crippen molar-refractivity contribution in [3.63, 3.8) is 0 Å². The Kier molecular flexibility index (Phi) is 4.01. The molecule has 118 valence electrons. The standard InChI is InChI=1S/C16H16N4O3/c1-22-13-3-4-14(15(10-13)23-2)19-16(21)18-11-6-8-20-12(9-11)5-7-17-20/h3-10H,1-2H3,(H2,18,19,21). The van der Waals surface area contributed by atoms with Gasteiger partial charge in [0.1, 0.15) is 11.5 Å². The van der Waals surface area contributed by atoms with Crippen molar-refractivity contribution in [3.8, 4) is 11.5 Å². The lowest BCUT2D eigenvalue weighted by atomic mass is 10.2. The monoisotopic (exact) mass is 312 g/mol. The van der Waals surface area contributed by atoms with Crippen LogP contribution in [0.1, 0.15) is 0 Å². The average Bonchev–Trinajstić information content (AvgIpc) is 3.02. The largest absolute Gasteiger partial charge is 0.497 e. The Hall–Kier alpha value is -3.22. The van der Waals surface area contributed by atoms with Crippen LogP contribution in [-0.4, -0.2) is 29.9 Å². The van der Waals surface area contributed by atoms with E-state index in [9.17, 15) is 4.79 Å². The Morgan fingerprint density at radius 2 is 1.96 bits per heavy atom. The number of anilines is 2. The summed E-state index contributed by atoms with van der Waals surface area (Å²) in [4.78, 5) is 12.1. The number of carbonyl (C=O) groups excluding carboxylic acids is 1. The maximum atomic E-state index is 12.1. The van der Waals surface area contributed by atoms with Gasteiger partial charge in [0.2, 0.25) is 0 Å². The fourth-order valence-corrected chi connectivity index (χ4v) is 2.19. The van der Waals surface area contributed by atoms with Crippen LogP contribution in [0.15, 0.2) is 48.8 Å². The molecule has 0 aliphatic carbocycles. The van der Waals surface area contributed by atoms with Crippen molar-refractivity contribution < 1.29 is 14.3 Å². The number of fused-ring (bicyclic) bond motifs is 1. The maximum Gasteiger partial charge on any atom is 0.323 e. The highest BCUT2D eigenvalue weighted by molar-refractivity contribution is 6.01. The second-order valence-electron chi connectivity index (χ2n) is 4.76. The number of nitrogens with one attached hydrogen (secondary N) is 2. The van der Waals surface area contributed by atoms with E-state index in [4.69, 9.17) is 9.47 Å². The number of aromatic nitrogens is 2. The normalized spacial score (nSPS) is 10.3. The van der Waals surface area contributed by atoms with Crippen molar-refractivity contribution in [2.24, 2.45) is 0 Å². The molecule has 0 spiro atoms. The number of rotatable bonds is 4. The van der Waals surface area contributed by atoms with Gasteiger partial charge in [-0.15, -0.1) is 0 Å². The number of hydrogen-bond acceptors (Lipinski definition) is 4. The van der Waals surface area contributed by atoms with Crippen LogP contribution in [0.5, 0.6) is 11.5 Å². The van der Waals surface area contributed by atoms with E-state index in [2.05, 4.69) is 15.7 Å². The van der Waals surface area contributed by atoms with Gasteiger partial charge < -0.3 is 20.1 Å². The zero-order valence-electron chi connectivity index (χ0n) is 12.7. The van der Waals surface area contributed by atoms with E-state index in [0.29, 0.717) is 22.9 Å². The third kappa shape index (κ3) is 3.18. The molecule has 2 heterocycles. The molecule has 2 aromatic heterocycles. The van der Waals surface area contributed by atoms with Crippen LogP contribution >= 0.6 is 0 Å². The van der Waals surface area contributed by atoms with Crippen molar-refractivity contribution >= 4 is 22.9 Å². The molecule has 0 aliphatic rings. The highest BCUT2D eigenvalue weighted by atomic mass is 16.5. The number of methoxy groups -OCH3 is 2. The first kappa shape index (κ1) is 14.7. The minimum atomic E-state index is -0.364. The van der Waals surface area contributed by atoms with Crippen LogP contribution in [-0.2, 0) is 0 Å². The highest BCUT2D eigenvalue weighted by Gasteiger charge is 2.09. The number of hydrogen-bond donors (Lipinski definition) is 2. The van der Waals surface area contributed by atoms with Crippen molar-refractivity contribution in [2.75, 3.05) is 24.9 Å². The van der Waals surface area contributed by atoms with Gasteiger partial charge in [-0.05, 0) is 30.3 Å². The van der Waals surface area contributed by atoms with Gasteiger partial charge in [-0.1, -0.05) is 0 Å². The quantitative estimate of drug-likeness (QED) is 0.776. The number of nitrogens with zero attached hydrogens (tertiary/aromatic N) is 2. The fraction of sp³-hybridized carbons (Fsp3) is 0.125. The molecule has 1 aromatic carbocycles. The van der Waals surface area contributed by atoms with E-state index in [1.165, 1.54) is 7.11 Å². The van der Waals surface area contributed by atoms with Crippen molar-refractivity contribution in [1.82, 2.24) is 9.61 Å². The summed E-state index contributed by atoms with van der Waals surface area (Å²) in [6.45, 7) is 0. The molecule has 0 bridgehead atoms. The van der Waals surface area contributed by atoms with Crippen LogP contribution in [0.4, 0.5) is 16.2 Å². The highest BCUT2D eigenvalue weighted by Crippen LogP contribution is 2.29. The molecular weight excluding hydrogens is 296 g/mol. The van der Waals surface area contributed by atoms with E-state index in [0.717, 1.165) is 5.52 Å². The predicted molar refractivity (Wildman–Crippen MR) is 87.4 cm³/mol. The third-order valence-electron chi connectivity index (χ3n) is 3.31. The molecule has 0 unspecified atom stereocenters. The molecule has 0 saturated heterocycles. The molecule has 0 radical (unpaired) electrons. The molecule has 3 aromatic rings. The fourth-order valence-electron chi connectivity index (χ4n) is 2.19. The van der Waals surface area contributed by atoms with Gasteiger partial charge in [0.15, 0.2) is 0 Å². The van der Waals surface area contributed by atoms with E-state index in [1.807, 2.05) is 12.1 Å². The third-order valence-corrected chi connectivity index (χ3v) is 3.31. The lowest BCUT2D eigenvalue weighted by molar-refractivity contribution is 0.262. The molecule has 2 N–H and O–H groups in total. The number of amides is 2. The van der Waals surface area contributed by atoms with Gasteiger partial charge in [0.05, 0.1) is 25.4 Å². The Morgan fingerprint density at radius 3 is 2.74 bits per heavy atom.